The summed E-state index contributed by atoms with van der Waals surface area (Å²) in [4.78, 5) is 32.0. The van der Waals surface area contributed by atoms with E-state index in [0.717, 1.165) is 55.5 Å². The molecule has 2 aromatic carbocycles. The zero-order chi connectivity index (χ0) is 25.4. The van der Waals surface area contributed by atoms with E-state index in [1.165, 1.54) is 17.5 Å². The molecule has 4 heterocycles. The Kier molecular flexibility index (Phi) is 6.09. The van der Waals surface area contributed by atoms with Crippen molar-refractivity contribution in [3.63, 3.8) is 0 Å². The highest BCUT2D eigenvalue weighted by molar-refractivity contribution is 6.08. The van der Waals surface area contributed by atoms with Crippen molar-refractivity contribution in [2.24, 2.45) is 0 Å². The lowest BCUT2D eigenvalue weighted by molar-refractivity contribution is 0.0534. The number of amides is 1. The molecule has 188 valence electrons. The van der Waals surface area contributed by atoms with Crippen LogP contribution in [-0.4, -0.2) is 67.6 Å². The van der Waals surface area contributed by atoms with Crippen LogP contribution in [0.15, 0.2) is 48.9 Å². The third kappa shape index (κ3) is 4.44. The van der Waals surface area contributed by atoms with Crippen LogP contribution in [0.4, 0.5) is 0 Å². The van der Waals surface area contributed by atoms with Crippen LogP contribution < -0.4 is 5.32 Å². The number of likely N-dealkylation sites (tertiary alicyclic amines) is 1. The van der Waals surface area contributed by atoms with Crippen LogP contribution >= 0.6 is 0 Å². The molecule has 4 aromatic rings. The summed E-state index contributed by atoms with van der Waals surface area (Å²) in [5.74, 6) is -0.313. The van der Waals surface area contributed by atoms with Crippen LogP contribution in [0.5, 0.6) is 0 Å². The molecule has 0 aliphatic carbocycles. The number of hydrogen-bond acceptors (Lipinski definition) is 8. The van der Waals surface area contributed by atoms with E-state index in [2.05, 4.69) is 43.7 Å². The predicted molar refractivity (Wildman–Crippen MR) is 135 cm³/mol. The van der Waals surface area contributed by atoms with Gasteiger partial charge in [0.25, 0.3) is 5.91 Å². The molecular weight excluding hydrogens is 470 g/mol. The van der Waals surface area contributed by atoms with Crippen LogP contribution in [-0.2, 0) is 17.8 Å². The van der Waals surface area contributed by atoms with Crippen molar-refractivity contribution < 1.29 is 14.3 Å². The zero-order valence-electron chi connectivity index (χ0n) is 20.6. The molecule has 0 bridgehead atoms. The van der Waals surface area contributed by atoms with Gasteiger partial charge in [0.2, 0.25) is 0 Å². The second kappa shape index (κ2) is 9.70. The van der Waals surface area contributed by atoms with Gasteiger partial charge in [0, 0.05) is 48.4 Å². The molecule has 10 heteroatoms. The number of nitrogens with one attached hydrogen (secondary N) is 1. The number of ether oxygens (including phenoxy) is 1. The highest BCUT2D eigenvalue weighted by atomic mass is 16.5. The van der Waals surface area contributed by atoms with E-state index >= 15 is 0 Å². The minimum atomic E-state index is -0.221. The topological polar surface area (TPSA) is 115 Å². The van der Waals surface area contributed by atoms with Crippen LogP contribution in [0.2, 0.25) is 0 Å². The van der Waals surface area contributed by atoms with E-state index in [1.807, 2.05) is 30.3 Å². The number of cyclic esters (lactones) is 1. The van der Waals surface area contributed by atoms with Gasteiger partial charge in [-0.3, -0.25) is 9.78 Å². The summed E-state index contributed by atoms with van der Waals surface area (Å²) in [6.07, 6.45) is 5.94. The molecule has 0 saturated carbocycles. The quantitative estimate of drug-likeness (QED) is 0.404. The van der Waals surface area contributed by atoms with Crippen molar-refractivity contribution in [2.45, 2.75) is 38.8 Å². The molecule has 2 aromatic heterocycles. The average molecular weight is 498 g/mol. The van der Waals surface area contributed by atoms with E-state index in [-0.39, 0.29) is 17.9 Å². The molecule has 0 radical (unpaired) electrons. The fourth-order valence-corrected chi connectivity index (χ4v) is 5.32. The summed E-state index contributed by atoms with van der Waals surface area (Å²) in [6, 6.07) is 11.4. The predicted octanol–water partition coefficient (Wildman–Crippen LogP) is 2.63. The van der Waals surface area contributed by atoms with Gasteiger partial charge in [0.15, 0.2) is 0 Å². The Morgan fingerprint density at radius 1 is 1.16 bits per heavy atom. The molecule has 1 saturated heterocycles. The molecule has 2 aliphatic rings. The summed E-state index contributed by atoms with van der Waals surface area (Å²) in [5, 5.41) is 15.4. The van der Waals surface area contributed by atoms with Gasteiger partial charge in [-0.15, -0.1) is 5.10 Å². The van der Waals surface area contributed by atoms with Gasteiger partial charge in [-0.05, 0) is 72.0 Å². The van der Waals surface area contributed by atoms with Crippen LogP contribution in [0.1, 0.15) is 50.2 Å². The fraction of sp³-hybridized carbons (Fsp3) is 0.333. The molecule has 1 fully saturated rings. The number of esters is 1. The molecule has 6 rings (SSSR count). The lowest BCUT2D eigenvalue weighted by Crippen LogP contribution is -2.45. The van der Waals surface area contributed by atoms with E-state index in [0.29, 0.717) is 23.3 Å². The smallest absolute Gasteiger partial charge is 0.338 e. The van der Waals surface area contributed by atoms with Crippen LogP contribution in [0.3, 0.4) is 0 Å². The minimum Gasteiger partial charge on any atom is -0.457 e. The Labute approximate surface area is 213 Å². The van der Waals surface area contributed by atoms with Crippen molar-refractivity contribution in [2.75, 3.05) is 19.6 Å². The molecule has 2 aliphatic heterocycles. The van der Waals surface area contributed by atoms with Gasteiger partial charge in [0.05, 0.1) is 16.8 Å². The number of benzene rings is 2. The van der Waals surface area contributed by atoms with Crippen LogP contribution in [0, 0.1) is 6.92 Å². The fourth-order valence-electron chi connectivity index (χ4n) is 5.32. The SMILES string of the molecule is Cc1c(CCN2CCC(NC(=O)c3ccc(-n4cnnn4)c4ncccc34)CC2)ccc2c1COC2=O. The Hall–Kier alpha value is -4.18. The first kappa shape index (κ1) is 23.2. The van der Waals surface area contributed by atoms with Crippen molar-refractivity contribution >= 4 is 22.8 Å². The van der Waals surface area contributed by atoms with Gasteiger partial charge < -0.3 is 15.0 Å². The molecule has 1 amide bonds. The summed E-state index contributed by atoms with van der Waals surface area (Å²) in [5.41, 5.74) is 6.15. The number of pyridine rings is 1. The lowest BCUT2D eigenvalue weighted by Gasteiger charge is -2.32. The molecular formula is C27H27N7O3. The van der Waals surface area contributed by atoms with Crippen molar-refractivity contribution in [1.82, 2.24) is 35.4 Å². The Morgan fingerprint density at radius 3 is 2.84 bits per heavy atom. The molecule has 0 atom stereocenters. The number of fused-ring (bicyclic) bond motifs is 2. The molecule has 10 nitrogen and oxygen atoms in total. The number of nitrogens with zero attached hydrogens (tertiary/aromatic N) is 6. The second-order valence-corrected chi connectivity index (χ2v) is 9.58. The van der Waals surface area contributed by atoms with Gasteiger partial charge >= 0.3 is 5.97 Å². The lowest BCUT2D eigenvalue weighted by atomic mass is 9.96. The van der Waals surface area contributed by atoms with Crippen molar-refractivity contribution in [3.8, 4) is 5.69 Å². The van der Waals surface area contributed by atoms with Gasteiger partial charge in [-0.1, -0.05) is 12.1 Å². The summed E-state index contributed by atoms with van der Waals surface area (Å²) in [7, 11) is 0. The zero-order valence-corrected chi connectivity index (χ0v) is 20.6. The summed E-state index contributed by atoms with van der Waals surface area (Å²) in [6.45, 7) is 5.26. The number of rotatable bonds is 6. The van der Waals surface area contributed by atoms with Gasteiger partial charge in [0.1, 0.15) is 12.9 Å². The van der Waals surface area contributed by atoms with E-state index in [9.17, 15) is 9.59 Å². The Morgan fingerprint density at radius 2 is 2.03 bits per heavy atom. The molecule has 1 N–H and O–H groups in total. The first-order valence-corrected chi connectivity index (χ1v) is 12.5. The number of tetrazole rings is 1. The van der Waals surface area contributed by atoms with E-state index in [4.69, 9.17) is 4.74 Å². The Bertz CT molecular complexity index is 1480. The number of hydrogen-bond donors (Lipinski definition) is 1. The molecule has 37 heavy (non-hydrogen) atoms. The maximum absolute atomic E-state index is 13.2. The average Bonchev–Trinajstić information content (AvgIpc) is 3.59. The number of carbonyl (C=O) groups is 2. The monoisotopic (exact) mass is 497 g/mol. The highest BCUT2D eigenvalue weighted by Crippen LogP contribution is 2.27. The van der Waals surface area contributed by atoms with Crippen LogP contribution in [0.25, 0.3) is 16.6 Å². The third-order valence-electron chi connectivity index (χ3n) is 7.49. The third-order valence-corrected chi connectivity index (χ3v) is 7.49. The highest BCUT2D eigenvalue weighted by Gasteiger charge is 2.25. The number of carbonyl (C=O) groups excluding carboxylic acids is 2. The Balaban J connectivity index is 1.07. The summed E-state index contributed by atoms with van der Waals surface area (Å²) >= 11 is 0. The molecule has 0 unspecified atom stereocenters. The summed E-state index contributed by atoms with van der Waals surface area (Å²) < 4.78 is 6.73. The van der Waals surface area contributed by atoms with Gasteiger partial charge in [-0.2, -0.15) is 4.68 Å². The largest absolute Gasteiger partial charge is 0.457 e. The number of aromatic nitrogens is 5. The first-order valence-electron chi connectivity index (χ1n) is 12.5. The maximum Gasteiger partial charge on any atom is 0.338 e. The maximum atomic E-state index is 13.2. The normalized spacial score (nSPS) is 16.1. The standard InChI is InChI=1S/C27H27N7O3/c1-17-18(4-5-22-23(17)15-37-27(22)36)8-12-33-13-9-19(10-14-33)30-26(35)21-6-7-24(34-16-29-31-32-34)25-20(21)3-2-11-28-25/h2-7,11,16,19H,8-10,12-15H2,1H3,(H,30,35). The van der Waals surface area contributed by atoms with E-state index < -0.39 is 0 Å². The minimum absolute atomic E-state index is 0.0924. The number of piperidine rings is 1. The second-order valence-electron chi connectivity index (χ2n) is 9.58. The van der Waals surface area contributed by atoms with Crippen molar-refractivity contribution in [1.29, 1.82) is 0 Å². The van der Waals surface area contributed by atoms with Crippen molar-refractivity contribution in [3.05, 3.63) is 76.7 Å². The first-order chi connectivity index (χ1) is 18.1. The van der Waals surface area contributed by atoms with E-state index in [1.54, 1.807) is 10.9 Å². The molecule has 0 spiro atoms. The van der Waals surface area contributed by atoms with Gasteiger partial charge in [-0.25, -0.2) is 4.79 Å².